The first-order valence-electron chi connectivity index (χ1n) is 9.57. The second kappa shape index (κ2) is 8.08. The van der Waals surface area contributed by atoms with E-state index in [2.05, 4.69) is 24.5 Å². The number of aryl methyl sites for hydroxylation is 1. The summed E-state index contributed by atoms with van der Waals surface area (Å²) >= 11 is 0. The van der Waals surface area contributed by atoms with Crippen molar-refractivity contribution in [2.24, 2.45) is 5.92 Å². The number of nitrogens with one attached hydrogen (secondary N) is 2. The summed E-state index contributed by atoms with van der Waals surface area (Å²) in [6.07, 6.45) is 1.99. The van der Waals surface area contributed by atoms with Crippen LogP contribution in [0.1, 0.15) is 38.7 Å². The van der Waals surface area contributed by atoms with Gasteiger partial charge < -0.3 is 15.4 Å². The fraction of sp³-hybridized carbons (Fsp3) is 0.579. The standard InChI is InChI=1S/C19H27N3O5S/c1-12(2)6-7-20-19(24)15-5-4-8-22(15)28(25,26)17-10-16-14(9-13(17)3)21-18(23)11-27-16/h9-10,12,15H,4-8,11H2,1-3H3,(H,20,24)(H,21,23)/t15-/m1/s1. The van der Waals surface area contributed by atoms with Crippen LogP contribution in [0, 0.1) is 12.8 Å². The Balaban J connectivity index is 1.83. The van der Waals surface area contributed by atoms with E-state index in [1.54, 1.807) is 13.0 Å². The van der Waals surface area contributed by atoms with Crippen molar-refractivity contribution in [3.05, 3.63) is 17.7 Å². The molecule has 0 bridgehead atoms. The van der Waals surface area contributed by atoms with Crippen LogP contribution in [0.5, 0.6) is 5.75 Å². The van der Waals surface area contributed by atoms with Crippen LogP contribution in [-0.2, 0) is 19.6 Å². The summed E-state index contributed by atoms with van der Waals surface area (Å²) in [5.74, 6) is 0.254. The summed E-state index contributed by atoms with van der Waals surface area (Å²) in [5, 5.41) is 5.53. The number of carbonyl (C=O) groups excluding carboxylic acids is 2. The number of carbonyl (C=O) groups is 2. The van der Waals surface area contributed by atoms with Crippen LogP contribution in [0.15, 0.2) is 17.0 Å². The normalized spacial score (nSPS) is 19.9. The third-order valence-corrected chi connectivity index (χ3v) is 7.07. The van der Waals surface area contributed by atoms with Crippen molar-refractivity contribution in [2.45, 2.75) is 51.0 Å². The van der Waals surface area contributed by atoms with Gasteiger partial charge in [0.15, 0.2) is 6.61 Å². The molecule has 28 heavy (non-hydrogen) atoms. The number of sulfonamides is 1. The molecule has 1 saturated heterocycles. The molecule has 0 aromatic heterocycles. The van der Waals surface area contributed by atoms with E-state index < -0.39 is 16.1 Å². The van der Waals surface area contributed by atoms with Crippen LogP contribution >= 0.6 is 0 Å². The SMILES string of the molecule is Cc1cc2c(cc1S(=O)(=O)N1CCC[C@@H]1C(=O)NCCC(C)C)OCC(=O)N2. The summed E-state index contributed by atoms with van der Waals surface area (Å²) in [5.41, 5.74) is 0.951. The molecule has 2 aliphatic heterocycles. The molecule has 1 atom stereocenters. The van der Waals surface area contributed by atoms with Gasteiger partial charge in [0.05, 0.1) is 10.6 Å². The molecule has 0 spiro atoms. The molecule has 0 radical (unpaired) electrons. The number of rotatable bonds is 6. The van der Waals surface area contributed by atoms with E-state index in [4.69, 9.17) is 4.74 Å². The Labute approximate surface area is 165 Å². The maximum Gasteiger partial charge on any atom is 0.262 e. The van der Waals surface area contributed by atoms with Crippen LogP contribution in [0.25, 0.3) is 0 Å². The third-order valence-electron chi connectivity index (χ3n) is 5.02. The summed E-state index contributed by atoms with van der Waals surface area (Å²) in [7, 11) is -3.87. The van der Waals surface area contributed by atoms with Gasteiger partial charge in [-0.25, -0.2) is 8.42 Å². The van der Waals surface area contributed by atoms with E-state index in [1.807, 2.05) is 0 Å². The molecular weight excluding hydrogens is 382 g/mol. The zero-order valence-electron chi connectivity index (χ0n) is 16.4. The predicted octanol–water partition coefficient (Wildman–Crippen LogP) is 1.64. The van der Waals surface area contributed by atoms with Crippen molar-refractivity contribution in [1.82, 2.24) is 9.62 Å². The smallest absolute Gasteiger partial charge is 0.262 e. The monoisotopic (exact) mass is 409 g/mol. The van der Waals surface area contributed by atoms with Gasteiger partial charge >= 0.3 is 0 Å². The zero-order valence-corrected chi connectivity index (χ0v) is 17.3. The molecule has 9 heteroatoms. The molecule has 0 saturated carbocycles. The first-order valence-corrected chi connectivity index (χ1v) is 11.0. The van der Waals surface area contributed by atoms with E-state index in [1.165, 1.54) is 10.4 Å². The lowest BCUT2D eigenvalue weighted by molar-refractivity contribution is -0.124. The molecule has 2 aliphatic rings. The number of hydrogen-bond donors (Lipinski definition) is 2. The van der Waals surface area contributed by atoms with E-state index in [0.29, 0.717) is 48.8 Å². The minimum Gasteiger partial charge on any atom is -0.482 e. The van der Waals surface area contributed by atoms with Crippen LogP contribution < -0.4 is 15.4 Å². The zero-order chi connectivity index (χ0) is 20.5. The van der Waals surface area contributed by atoms with Crippen molar-refractivity contribution >= 4 is 27.5 Å². The van der Waals surface area contributed by atoms with Crippen LogP contribution in [0.3, 0.4) is 0 Å². The first kappa shape index (κ1) is 20.6. The van der Waals surface area contributed by atoms with Gasteiger partial charge in [-0.05, 0) is 43.7 Å². The highest BCUT2D eigenvalue weighted by molar-refractivity contribution is 7.89. The number of amides is 2. The topological polar surface area (TPSA) is 105 Å². The number of fused-ring (bicyclic) bond motifs is 1. The van der Waals surface area contributed by atoms with Crippen molar-refractivity contribution in [1.29, 1.82) is 0 Å². The maximum absolute atomic E-state index is 13.3. The van der Waals surface area contributed by atoms with Crippen molar-refractivity contribution in [3.8, 4) is 5.75 Å². The molecule has 2 N–H and O–H groups in total. The van der Waals surface area contributed by atoms with Gasteiger partial charge in [0, 0.05) is 19.2 Å². The predicted molar refractivity (Wildman–Crippen MR) is 105 cm³/mol. The van der Waals surface area contributed by atoms with Crippen molar-refractivity contribution in [3.63, 3.8) is 0 Å². The molecule has 154 valence electrons. The number of anilines is 1. The Kier molecular flexibility index (Phi) is 5.95. The Morgan fingerprint density at radius 1 is 1.39 bits per heavy atom. The van der Waals surface area contributed by atoms with E-state index >= 15 is 0 Å². The summed E-state index contributed by atoms with van der Waals surface area (Å²) in [6, 6.07) is 2.33. The largest absolute Gasteiger partial charge is 0.482 e. The molecule has 1 aromatic rings. The first-order chi connectivity index (χ1) is 13.2. The minimum absolute atomic E-state index is 0.101. The molecule has 0 unspecified atom stereocenters. The van der Waals surface area contributed by atoms with E-state index in [0.717, 1.165) is 6.42 Å². The Morgan fingerprint density at radius 2 is 2.14 bits per heavy atom. The molecule has 2 amide bonds. The average molecular weight is 410 g/mol. The molecule has 1 aromatic carbocycles. The second-order valence-corrected chi connectivity index (χ2v) is 9.56. The lowest BCUT2D eigenvalue weighted by Gasteiger charge is -2.26. The van der Waals surface area contributed by atoms with Gasteiger partial charge in [-0.3, -0.25) is 9.59 Å². The maximum atomic E-state index is 13.3. The average Bonchev–Trinajstić information content (AvgIpc) is 3.11. The second-order valence-electron chi connectivity index (χ2n) is 7.70. The molecule has 3 rings (SSSR count). The molecule has 2 heterocycles. The van der Waals surface area contributed by atoms with Crippen molar-refractivity contribution in [2.75, 3.05) is 25.0 Å². The van der Waals surface area contributed by atoms with Gasteiger partial charge in [-0.15, -0.1) is 0 Å². The minimum atomic E-state index is -3.87. The summed E-state index contributed by atoms with van der Waals surface area (Å²) in [4.78, 5) is 24.1. The highest BCUT2D eigenvalue weighted by Gasteiger charge is 2.40. The molecule has 1 fully saturated rings. The fourth-order valence-corrected chi connectivity index (χ4v) is 5.39. The van der Waals surface area contributed by atoms with Crippen LogP contribution in [0.2, 0.25) is 0 Å². The number of nitrogens with zero attached hydrogens (tertiary/aromatic N) is 1. The Bertz CT molecular complexity index is 882. The fourth-order valence-electron chi connectivity index (χ4n) is 3.51. The Hall–Kier alpha value is -2.13. The van der Waals surface area contributed by atoms with Crippen LogP contribution in [-0.4, -0.2) is 50.3 Å². The number of benzene rings is 1. The van der Waals surface area contributed by atoms with Gasteiger partial charge in [0.2, 0.25) is 15.9 Å². The lowest BCUT2D eigenvalue weighted by atomic mass is 10.1. The molecule has 0 aliphatic carbocycles. The molecule has 8 nitrogen and oxygen atoms in total. The van der Waals surface area contributed by atoms with Crippen molar-refractivity contribution < 1.29 is 22.7 Å². The highest BCUT2D eigenvalue weighted by Crippen LogP contribution is 2.35. The third kappa shape index (κ3) is 4.15. The quantitative estimate of drug-likeness (QED) is 0.743. The molecular formula is C19H27N3O5S. The lowest BCUT2D eigenvalue weighted by Crippen LogP contribution is -2.46. The summed E-state index contributed by atoms with van der Waals surface area (Å²) in [6.45, 7) is 6.50. The van der Waals surface area contributed by atoms with Gasteiger partial charge in [0.1, 0.15) is 11.8 Å². The Morgan fingerprint density at radius 3 is 2.86 bits per heavy atom. The van der Waals surface area contributed by atoms with Crippen LogP contribution in [0.4, 0.5) is 5.69 Å². The number of ether oxygens (including phenoxy) is 1. The van der Waals surface area contributed by atoms with Gasteiger partial charge in [0.25, 0.3) is 5.91 Å². The van der Waals surface area contributed by atoms with Gasteiger partial charge in [-0.2, -0.15) is 4.31 Å². The summed E-state index contributed by atoms with van der Waals surface area (Å²) < 4.78 is 33.3. The van der Waals surface area contributed by atoms with Gasteiger partial charge in [-0.1, -0.05) is 13.8 Å². The van der Waals surface area contributed by atoms with E-state index in [9.17, 15) is 18.0 Å². The highest BCUT2D eigenvalue weighted by atomic mass is 32.2. The number of hydrogen-bond acceptors (Lipinski definition) is 5. The van der Waals surface area contributed by atoms with E-state index in [-0.39, 0.29) is 23.3 Å².